The zero-order valence-electron chi connectivity index (χ0n) is 16.8. The molecule has 5 rings (SSSR count). The second-order valence-electron chi connectivity index (χ2n) is 10.7. The molecule has 5 fully saturated rings. The lowest BCUT2D eigenvalue weighted by Crippen LogP contribution is -2.61. The molecule has 150 valence electrons. The summed E-state index contributed by atoms with van der Waals surface area (Å²) in [5.41, 5.74) is -0.885. The Kier molecular flexibility index (Phi) is 3.51. The van der Waals surface area contributed by atoms with Gasteiger partial charge in [0.05, 0.1) is 12.0 Å². The number of carboxylic acids is 1. The van der Waals surface area contributed by atoms with E-state index in [1.165, 1.54) is 6.92 Å². The van der Waals surface area contributed by atoms with Gasteiger partial charge >= 0.3 is 11.9 Å². The van der Waals surface area contributed by atoms with Crippen molar-refractivity contribution in [3.63, 3.8) is 0 Å². The zero-order valence-corrected chi connectivity index (χ0v) is 16.8. The van der Waals surface area contributed by atoms with E-state index in [9.17, 15) is 14.7 Å². The van der Waals surface area contributed by atoms with Crippen LogP contribution < -0.4 is 0 Å². The SMILES string of the molecule is CC(=O)OC1C23CCC4C(C)(C(=O)O)CCCC4(C)C2CCC(C3)C12CO2. The normalized spacial score (nSPS) is 55.5. The van der Waals surface area contributed by atoms with Crippen molar-refractivity contribution < 1.29 is 24.2 Å². The molecule has 8 unspecified atom stereocenters. The van der Waals surface area contributed by atoms with E-state index in [1.54, 1.807) is 0 Å². The first-order valence-corrected chi connectivity index (χ1v) is 10.7. The van der Waals surface area contributed by atoms with E-state index in [4.69, 9.17) is 9.47 Å². The maximum absolute atomic E-state index is 12.2. The van der Waals surface area contributed by atoms with Gasteiger partial charge in [0.25, 0.3) is 0 Å². The smallest absolute Gasteiger partial charge is 0.309 e. The zero-order chi connectivity index (χ0) is 19.2. The number of ether oxygens (including phenoxy) is 2. The van der Waals surface area contributed by atoms with E-state index in [0.29, 0.717) is 11.8 Å². The highest BCUT2D eigenvalue weighted by Gasteiger charge is 2.78. The molecule has 0 aromatic rings. The predicted molar refractivity (Wildman–Crippen MR) is 97.9 cm³/mol. The highest BCUT2D eigenvalue weighted by atomic mass is 16.6. The molecular formula is C22H32O5. The Morgan fingerprint density at radius 2 is 1.81 bits per heavy atom. The van der Waals surface area contributed by atoms with Gasteiger partial charge in [0.15, 0.2) is 0 Å². The predicted octanol–water partition coefficient (Wildman–Crippen LogP) is 3.79. The van der Waals surface area contributed by atoms with E-state index < -0.39 is 11.4 Å². The van der Waals surface area contributed by atoms with Crippen molar-refractivity contribution in [1.82, 2.24) is 0 Å². The van der Waals surface area contributed by atoms with Gasteiger partial charge in [0.2, 0.25) is 0 Å². The van der Waals surface area contributed by atoms with Gasteiger partial charge in [-0.1, -0.05) is 13.3 Å². The quantitative estimate of drug-likeness (QED) is 0.586. The van der Waals surface area contributed by atoms with Crippen LogP contribution in [-0.4, -0.2) is 35.4 Å². The molecule has 27 heavy (non-hydrogen) atoms. The van der Waals surface area contributed by atoms with Crippen molar-refractivity contribution in [2.75, 3.05) is 6.61 Å². The van der Waals surface area contributed by atoms with Crippen LogP contribution in [0.25, 0.3) is 0 Å². The Morgan fingerprint density at radius 3 is 2.44 bits per heavy atom. The first-order chi connectivity index (χ1) is 12.7. The molecular weight excluding hydrogens is 344 g/mol. The highest BCUT2D eigenvalue weighted by Crippen LogP contribution is 2.75. The fraction of sp³-hybridized carbons (Fsp3) is 0.909. The Balaban J connectivity index is 1.58. The summed E-state index contributed by atoms with van der Waals surface area (Å²) < 4.78 is 12.0. The Morgan fingerprint density at radius 1 is 1.07 bits per heavy atom. The molecule has 5 aliphatic rings. The third-order valence-corrected chi connectivity index (χ3v) is 9.70. The minimum Gasteiger partial charge on any atom is -0.481 e. The number of epoxide rings is 1. The van der Waals surface area contributed by atoms with Gasteiger partial charge in [-0.2, -0.15) is 0 Å². The van der Waals surface area contributed by atoms with Gasteiger partial charge in [0.1, 0.15) is 11.7 Å². The van der Waals surface area contributed by atoms with Crippen LogP contribution in [0.1, 0.15) is 72.1 Å². The first-order valence-electron chi connectivity index (χ1n) is 10.7. The molecule has 0 radical (unpaired) electrons. The summed E-state index contributed by atoms with van der Waals surface area (Å²) in [6, 6.07) is 0. The van der Waals surface area contributed by atoms with Crippen molar-refractivity contribution in [2.45, 2.75) is 83.8 Å². The van der Waals surface area contributed by atoms with Crippen LogP contribution in [0.4, 0.5) is 0 Å². The van der Waals surface area contributed by atoms with Crippen LogP contribution in [0.5, 0.6) is 0 Å². The molecule has 5 nitrogen and oxygen atoms in total. The lowest BCUT2D eigenvalue weighted by Gasteiger charge is -2.63. The van der Waals surface area contributed by atoms with Crippen LogP contribution >= 0.6 is 0 Å². The van der Waals surface area contributed by atoms with E-state index >= 15 is 0 Å². The number of esters is 1. The second kappa shape index (κ2) is 5.28. The Labute approximate surface area is 161 Å². The molecule has 1 saturated heterocycles. The summed E-state index contributed by atoms with van der Waals surface area (Å²) in [6.45, 7) is 6.56. The summed E-state index contributed by atoms with van der Waals surface area (Å²) in [5, 5.41) is 10.1. The average molecular weight is 376 g/mol. The van der Waals surface area contributed by atoms with Gasteiger partial charge in [-0.25, -0.2) is 0 Å². The third-order valence-electron chi connectivity index (χ3n) is 9.70. The fourth-order valence-electron chi connectivity index (χ4n) is 8.66. The summed E-state index contributed by atoms with van der Waals surface area (Å²) in [5.74, 6) is 0.285. The number of aliphatic carboxylic acids is 1. The second-order valence-corrected chi connectivity index (χ2v) is 10.7. The largest absolute Gasteiger partial charge is 0.481 e. The summed E-state index contributed by atoms with van der Waals surface area (Å²) >= 11 is 0. The number of fused-ring (bicyclic) bond motifs is 4. The van der Waals surface area contributed by atoms with Crippen molar-refractivity contribution in [3.8, 4) is 0 Å². The molecule has 4 saturated carbocycles. The monoisotopic (exact) mass is 376 g/mol. The van der Waals surface area contributed by atoms with Crippen LogP contribution in [-0.2, 0) is 19.1 Å². The third kappa shape index (κ3) is 2.05. The number of rotatable bonds is 2. The summed E-state index contributed by atoms with van der Waals surface area (Å²) in [4.78, 5) is 24.2. The molecule has 5 heteroatoms. The van der Waals surface area contributed by atoms with Crippen LogP contribution in [0.3, 0.4) is 0 Å². The molecule has 2 spiro atoms. The lowest BCUT2D eigenvalue weighted by molar-refractivity contribution is -0.199. The molecule has 1 aliphatic heterocycles. The number of carbonyl (C=O) groups is 2. The topological polar surface area (TPSA) is 76.1 Å². The van der Waals surface area contributed by atoms with Crippen LogP contribution in [0.15, 0.2) is 0 Å². The standard InChI is InChI=1S/C22H32O5/c1-13(23)27-17-21-10-7-15-19(2,8-4-9-20(15,3)18(24)25)16(21)6-5-14(11-21)22(17)12-26-22/h14-17H,4-12H2,1-3H3,(H,24,25). The maximum Gasteiger partial charge on any atom is 0.309 e. The molecule has 1 N–H and O–H groups in total. The lowest BCUT2D eigenvalue weighted by atomic mass is 9.40. The van der Waals surface area contributed by atoms with Gasteiger partial charge in [-0.3, -0.25) is 9.59 Å². The molecule has 0 aromatic heterocycles. The Hall–Kier alpha value is -1.10. The van der Waals surface area contributed by atoms with E-state index in [1.807, 2.05) is 6.92 Å². The van der Waals surface area contributed by atoms with E-state index in [0.717, 1.165) is 58.0 Å². The number of carboxylic acid groups (broad SMARTS) is 1. The number of hydrogen-bond donors (Lipinski definition) is 1. The number of carbonyl (C=O) groups excluding carboxylic acids is 1. The van der Waals surface area contributed by atoms with E-state index in [2.05, 4.69) is 6.92 Å². The average Bonchev–Trinajstić information content (AvgIpc) is 3.37. The van der Waals surface area contributed by atoms with Gasteiger partial charge in [0, 0.05) is 12.3 Å². The van der Waals surface area contributed by atoms with Gasteiger partial charge in [-0.15, -0.1) is 0 Å². The molecule has 0 aromatic carbocycles. The molecule has 8 atom stereocenters. The summed E-state index contributed by atoms with van der Waals surface area (Å²) in [6.07, 6.45) is 7.94. The molecule has 0 amide bonds. The molecule has 4 aliphatic carbocycles. The minimum absolute atomic E-state index is 0.00737. The Bertz CT molecular complexity index is 699. The highest BCUT2D eigenvalue weighted by molar-refractivity contribution is 5.75. The van der Waals surface area contributed by atoms with Crippen LogP contribution in [0.2, 0.25) is 0 Å². The summed E-state index contributed by atoms with van der Waals surface area (Å²) in [7, 11) is 0. The van der Waals surface area contributed by atoms with Crippen LogP contribution in [0, 0.1) is 34.0 Å². The molecule has 2 bridgehead atoms. The van der Waals surface area contributed by atoms with Gasteiger partial charge < -0.3 is 14.6 Å². The van der Waals surface area contributed by atoms with Crippen molar-refractivity contribution in [3.05, 3.63) is 0 Å². The van der Waals surface area contributed by atoms with E-state index in [-0.39, 0.29) is 34.4 Å². The molecule has 1 heterocycles. The fourth-order valence-corrected chi connectivity index (χ4v) is 8.66. The maximum atomic E-state index is 12.2. The van der Waals surface area contributed by atoms with Gasteiger partial charge in [-0.05, 0) is 75.0 Å². The number of hydrogen-bond acceptors (Lipinski definition) is 4. The minimum atomic E-state index is -0.631. The first kappa shape index (κ1) is 18.0. The van der Waals surface area contributed by atoms with Crippen molar-refractivity contribution in [1.29, 1.82) is 0 Å². The van der Waals surface area contributed by atoms with Crippen molar-refractivity contribution in [2.24, 2.45) is 34.0 Å². The van der Waals surface area contributed by atoms with Crippen molar-refractivity contribution >= 4 is 11.9 Å².